The first-order valence-corrected chi connectivity index (χ1v) is 7.97. The maximum Gasteiger partial charge on any atom is 0.144 e. The number of carbonyl (C=O) groups is 1. The van der Waals surface area contributed by atoms with E-state index in [1.165, 1.54) is 0 Å². The van der Waals surface area contributed by atoms with Crippen molar-refractivity contribution in [1.29, 1.82) is 0 Å². The van der Waals surface area contributed by atoms with Gasteiger partial charge in [-0.2, -0.15) is 5.10 Å². The summed E-state index contributed by atoms with van der Waals surface area (Å²) in [6.45, 7) is 6.27. The Balaban J connectivity index is 1.94. The lowest BCUT2D eigenvalue weighted by molar-refractivity contribution is -0.117. The van der Waals surface area contributed by atoms with Crippen molar-refractivity contribution in [1.82, 2.24) is 14.8 Å². The number of aromatic nitrogens is 3. The fraction of sp³-hybridized carbons (Fsp3) is 0.533. The number of nitrogens with zero attached hydrogens (tertiary/aromatic N) is 3. The zero-order valence-corrected chi connectivity index (χ0v) is 13.1. The summed E-state index contributed by atoms with van der Waals surface area (Å²) in [7, 11) is 0. The first-order chi connectivity index (χ1) is 9.62. The molecule has 0 spiro atoms. The van der Waals surface area contributed by atoms with Crippen LogP contribution in [0.5, 0.6) is 0 Å². The number of rotatable bonds is 7. The molecular weight excluding hydrogens is 270 g/mol. The van der Waals surface area contributed by atoms with E-state index < -0.39 is 0 Å². The lowest BCUT2D eigenvalue weighted by Gasteiger charge is -2.12. The molecule has 4 nitrogen and oxygen atoms in total. The van der Waals surface area contributed by atoms with Crippen LogP contribution in [0.4, 0.5) is 0 Å². The molecule has 0 atom stereocenters. The highest BCUT2D eigenvalue weighted by Crippen LogP contribution is 2.15. The maximum atomic E-state index is 12.0. The van der Waals surface area contributed by atoms with Gasteiger partial charge >= 0.3 is 0 Å². The Morgan fingerprint density at radius 1 is 1.30 bits per heavy atom. The normalized spacial score (nSPS) is 11.2. The van der Waals surface area contributed by atoms with Crippen molar-refractivity contribution in [3.05, 3.63) is 34.0 Å². The summed E-state index contributed by atoms with van der Waals surface area (Å²) in [4.78, 5) is 16.3. The third kappa shape index (κ3) is 3.76. The molecule has 2 aromatic rings. The Morgan fingerprint density at radius 2 is 2.00 bits per heavy atom. The first-order valence-electron chi connectivity index (χ1n) is 7.09. The van der Waals surface area contributed by atoms with Crippen molar-refractivity contribution in [3.63, 3.8) is 0 Å². The van der Waals surface area contributed by atoms with E-state index >= 15 is 0 Å². The Morgan fingerprint density at radius 3 is 2.60 bits per heavy atom. The molecule has 0 saturated carbocycles. The fourth-order valence-electron chi connectivity index (χ4n) is 2.29. The van der Waals surface area contributed by atoms with Gasteiger partial charge in [0.1, 0.15) is 5.78 Å². The minimum absolute atomic E-state index is 0.171. The largest absolute Gasteiger partial charge is 0.299 e. The van der Waals surface area contributed by atoms with Crippen LogP contribution in [0.2, 0.25) is 0 Å². The summed E-state index contributed by atoms with van der Waals surface area (Å²) in [5.41, 5.74) is 1.73. The van der Waals surface area contributed by atoms with Crippen molar-refractivity contribution in [3.8, 4) is 0 Å². The number of thiazole rings is 1. The number of ketones is 1. The smallest absolute Gasteiger partial charge is 0.144 e. The molecule has 108 valence electrons. The molecule has 2 aromatic heterocycles. The van der Waals surface area contributed by atoms with Crippen LogP contribution in [0.15, 0.2) is 17.6 Å². The molecule has 0 aromatic carbocycles. The molecule has 0 N–H and O–H groups in total. The third-order valence-corrected chi connectivity index (χ3v) is 4.23. The van der Waals surface area contributed by atoms with E-state index in [1.807, 2.05) is 29.2 Å². The van der Waals surface area contributed by atoms with Crippen LogP contribution >= 0.6 is 11.3 Å². The van der Waals surface area contributed by atoms with Crippen LogP contribution in [-0.4, -0.2) is 20.5 Å². The SMILES string of the molecule is CCC(CC)n1ccc(CC(=O)Cc2csc(C)n2)n1. The van der Waals surface area contributed by atoms with Crippen molar-refractivity contribution in [2.45, 2.75) is 52.5 Å². The summed E-state index contributed by atoms with van der Waals surface area (Å²) in [5.74, 6) is 0.171. The molecule has 2 rings (SSSR count). The highest BCUT2D eigenvalue weighted by molar-refractivity contribution is 7.09. The van der Waals surface area contributed by atoms with Gasteiger partial charge in [-0.25, -0.2) is 4.98 Å². The number of Topliss-reactive ketones (excluding diaryl/α,β-unsaturated/α-hetero) is 1. The topological polar surface area (TPSA) is 47.8 Å². The van der Waals surface area contributed by atoms with Crippen molar-refractivity contribution >= 4 is 17.1 Å². The van der Waals surface area contributed by atoms with E-state index in [0.29, 0.717) is 18.9 Å². The van der Waals surface area contributed by atoms with Crippen LogP contribution in [-0.2, 0) is 17.6 Å². The zero-order chi connectivity index (χ0) is 14.5. The van der Waals surface area contributed by atoms with Gasteiger partial charge in [0.25, 0.3) is 0 Å². The average Bonchev–Trinajstić information content (AvgIpc) is 3.01. The van der Waals surface area contributed by atoms with Crippen LogP contribution in [0.3, 0.4) is 0 Å². The standard InChI is InChI=1S/C15H21N3OS/c1-4-14(5-2)18-7-6-12(17-18)8-15(19)9-13-10-20-11(3)16-13/h6-7,10,14H,4-5,8-9H2,1-3H3. The molecule has 2 heterocycles. The van der Waals surface area contributed by atoms with E-state index in [1.54, 1.807) is 11.3 Å². The predicted molar refractivity (Wildman–Crippen MR) is 81.1 cm³/mol. The predicted octanol–water partition coefficient (Wildman–Crippen LogP) is 3.36. The van der Waals surface area contributed by atoms with E-state index in [0.717, 1.165) is 29.2 Å². The number of aryl methyl sites for hydroxylation is 1. The lowest BCUT2D eigenvalue weighted by Crippen LogP contribution is -2.10. The van der Waals surface area contributed by atoms with Gasteiger partial charge in [0, 0.05) is 18.0 Å². The summed E-state index contributed by atoms with van der Waals surface area (Å²) < 4.78 is 1.98. The number of hydrogen-bond acceptors (Lipinski definition) is 4. The molecule has 0 aliphatic carbocycles. The van der Waals surface area contributed by atoms with Gasteiger partial charge in [-0.3, -0.25) is 9.48 Å². The van der Waals surface area contributed by atoms with Crippen LogP contribution in [0.1, 0.15) is 49.1 Å². The van der Waals surface area contributed by atoms with Crippen molar-refractivity contribution in [2.24, 2.45) is 0 Å². The first kappa shape index (κ1) is 14.9. The number of carbonyl (C=O) groups excluding carboxylic acids is 1. The second-order valence-electron chi connectivity index (χ2n) is 5.01. The zero-order valence-electron chi connectivity index (χ0n) is 12.3. The highest BCUT2D eigenvalue weighted by atomic mass is 32.1. The van der Waals surface area contributed by atoms with Crippen LogP contribution in [0.25, 0.3) is 0 Å². The summed E-state index contributed by atoms with van der Waals surface area (Å²) in [6, 6.07) is 2.38. The van der Waals surface area contributed by atoms with E-state index in [2.05, 4.69) is 23.9 Å². The van der Waals surface area contributed by atoms with Crippen LogP contribution in [0, 0.1) is 6.92 Å². The van der Waals surface area contributed by atoms with Gasteiger partial charge in [0.2, 0.25) is 0 Å². The van der Waals surface area contributed by atoms with Gasteiger partial charge in [-0.05, 0) is 25.8 Å². The summed E-state index contributed by atoms with van der Waals surface area (Å²) >= 11 is 1.58. The number of hydrogen-bond donors (Lipinski definition) is 0. The maximum absolute atomic E-state index is 12.0. The Bertz CT molecular complexity index is 569. The van der Waals surface area contributed by atoms with Gasteiger partial charge in [0.05, 0.1) is 28.9 Å². The minimum atomic E-state index is 0.171. The molecule has 20 heavy (non-hydrogen) atoms. The summed E-state index contributed by atoms with van der Waals surface area (Å²) in [5, 5.41) is 7.48. The van der Waals surface area contributed by atoms with E-state index in [-0.39, 0.29) is 5.78 Å². The van der Waals surface area contributed by atoms with Gasteiger partial charge in [-0.15, -0.1) is 11.3 Å². The fourth-order valence-corrected chi connectivity index (χ4v) is 2.91. The van der Waals surface area contributed by atoms with Gasteiger partial charge < -0.3 is 0 Å². The molecular formula is C15H21N3OS. The molecule has 0 bridgehead atoms. The molecule has 0 radical (unpaired) electrons. The lowest BCUT2D eigenvalue weighted by atomic mass is 10.1. The van der Waals surface area contributed by atoms with E-state index in [9.17, 15) is 4.79 Å². The summed E-state index contributed by atoms with van der Waals surface area (Å²) in [6.07, 6.45) is 4.90. The second-order valence-corrected chi connectivity index (χ2v) is 6.07. The van der Waals surface area contributed by atoms with Gasteiger partial charge in [-0.1, -0.05) is 13.8 Å². The molecule has 5 heteroatoms. The molecule has 0 aliphatic rings. The van der Waals surface area contributed by atoms with Crippen molar-refractivity contribution in [2.75, 3.05) is 0 Å². The molecule has 0 unspecified atom stereocenters. The molecule has 0 saturated heterocycles. The Kier molecular flexibility index (Phi) is 5.06. The Labute approximate surface area is 123 Å². The van der Waals surface area contributed by atoms with E-state index in [4.69, 9.17) is 0 Å². The molecule has 0 aliphatic heterocycles. The van der Waals surface area contributed by atoms with Crippen molar-refractivity contribution < 1.29 is 4.79 Å². The Hall–Kier alpha value is -1.49. The minimum Gasteiger partial charge on any atom is -0.299 e. The second kappa shape index (κ2) is 6.79. The average molecular weight is 291 g/mol. The molecule has 0 amide bonds. The third-order valence-electron chi connectivity index (χ3n) is 3.40. The molecule has 0 fully saturated rings. The monoisotopic (exact) mass is 291 g/mol. The van der Waals surface area contributed by atoms with Gasteiger partial charge in [0.15, 0.2) is 0 Å². The quantitative estimate of drug-likeness (QED) is 0.786. The highest BCUT2D eigenvalue weighted by Gasteiger charge is 2.12. The van der Waals surface area contributed by atoms with Crippen LogP contribution < -0.4 is 0 Å².